The van der Waals surface area contributed by atoms with Gasteiger partial charge in [0.15, 0.2) is 5.78 Å². The molecule has 2 fully saturated rings. The van der Waals surface area contributed by atoms with Crippen molar-refractivity contribution in [3.8, 4) is 11.5 Å². The van der Waals surface area contributed by atoms with Gasteiger partial charge in [-0.25, -0.2) is 4.90 Å². The fourth-order valence-corrected chi connectivity index (χ4v) is 8.98. The van der Waals surface area contributed by atoms with E-state index in [1.165, 1.54) is 4.90 Å². The van der Waals surface area contributed by atoms with Crippen LogP contribution in [0.3, 0.4) is 0 Å². The van der Waals surface area contributed by atoms with Crippen LogP contribution in [0.5, 0.6) is 11.5 Å². The van der Waals surface area contributed by atoms with Crippen molar-refractivity contribution in [2.75, 3.05) is 19.1 Å². The lowest BCUT2D eigenvalue weighted by molar-refractivity contribution is -0.130. The van der Waals surface area contributed by atoms with Crippen LogP contribution in [-0.2, 0) is 25.2 Å². The van der Waals surface area contributed by atoms with Crippen LogP contribution in [0.15, 0.2) is 132 Å². The standard InChI is InChI=1S/C42H32BrNO5/c1-25-14-19-30(24-33(25)43)44-38(45)36-37(39(44)46)42(29-12-8-5-9-13-29)35(27-17-22-32(49-3)23-18-27)34(26-15-20-31(48-2)21-16-26)41(36,40(42)47)28-10-6-4-7-11-28/h4-24,36-37H,1-3H3/t36-,37-,41+,42+/m0/s1. The molecule has 2 aliphatic carbocycles. The van der Waals surface area contributed by atoms with Gasteiger partial charge in [0.05, 0.1) is 42.6 Å². The predicted molar refractivity (Wildman–Crippen MR) is 192 cm³/mol. The molecule has 5 aromatic rings. The maximum atomic E-state index is 16.1. The first-order chi connectivity index (χ1) is 23.8. The lowest BCUT2D eigenvalue weighted by Gasteiger charge is -2.39. The number of fused-ring (bicyclic) bond motifs is 5. The van der Waals surface area contributed by atoms with Crippen LogP contribution in [0.2, 0.25) is 0 Å². The Bertz CT molecular complexity index is 2050. The molecular formula is C42H32BrNO5. The normalized spacial score (nSPS) is 24.1. The highest BCUT2D eigenvalue weighted by molar-refractivity contribution is 9.10. The van der Waals surface area contributed by atoms with Crippen molar-refractivity contribution >= 4 is 50.4 Å². The van der Waals surface area contributed by atoms with E-state index in [1.807, 2.05) is 128 Å². The second-order valence-electron chi connectivity index (χ2n) is 12.8. The van der Waals surface area contributed by atoms with Gasteiger partial charge in [0.1, 0.15) is 11.5 Å². The molecule has 1 aliphatic heterocycles. The second-order valence-corrected chi connectivity index (χ2v) is 13.6. The van der Waals surface area contributed by atoms with Crippen LogP contribution in [0.1, 0.15) is 27.8 Å². The van der Waals surface area contributed by atoms with E-state index in [0.29, 0.717) is 28.3 Å². The molecular weight excluding hydrogens is 678 g/mol. The number of imide groups is 1. The number of ether oxygens (including phenoxy) is 2. The van der Waals surface area contributed by atoms with Gasteiger partial charge in [-0.3, -0.25) is 14.4 Å². The Morgan fingerprint density at radius 1 is 0.592 bits per heavy atom. The molecule has 1 saturated heterocycles. The summed E-state index contributed by atoms with van der Waals surface area (Å²) in [4.78, 5) is 47.7. The highest BCUT2D eigenvalue weighted by Gasteiger charge is 2.82. The van der Waals surface area contributed by atoms with Crippen LogP contribution in [0.25, 0.3) is 11.1 Å². The number of halogens is 1. The summed E-state index contributed by atoms with van der Waals surface area (Å²) >= 11 is 3.61. The molecule has 0 unspecified atom stereocenters. The first-order valence-corrected chi connectivity index (χ1v) is 16.9. The minimum absolute atomic E-state index is 0.171. The number of ketones is 1. The van der Waals surface area contributed by atoms with Crippen LogP contribution >= 0.6 is 15.9 Å². The van der Waals surface area contributed by atoms with Gasteiger partial charge in [0, 0.05) is 4.47 Å². The summed E-state index contributed by atoms with van der Waals surface area (Å²) in [5, 5.41) is 0. The number of hydrogen-bond acceptors (Lipinski definition) is 5. The number of rotatable bonds is 7. The van der Waals surface area contributed by atoms with Crippen molar-refractivity contribution in [1.82, 2.24) is 0 Å². The Labute approximate surface area is 293 Å². The molecule has 6 nitrogen and oxygen atoms in total. The second kappa shape index (κ2) is 11.4. The quantitative estimate of drug-likeness (QED) is 0.160. The molecule has 0 spiro atoms. The van der Waals surface area contributed by atoms with Gasteiger partial charge in [-0.15, -0.1) is 0 Å². The summed E-state index contributed by atoms with van der Waals surface area (Å²) in [5.41, 5.74) is 2.80. The van der Waals surface area contributed by atoms with Crippen molar-refractivity contribution in [1.29, 1.82) is 0 Å². The van der Waals surface area contributed by atoms with Crippen LogP contribution in [0.4, 0.5) is 5.69 Å². The van der Waals surface area contributed by atoms with E-state index in [0.717, 1.165) is 32.3 Å². The molecule has 2 amide bonds. The zero-order chi connectivity index (χ0) is 34.1. The Hall–Kier alpha value is -5.27. The van der Waals surface area contributed by atoms with E-state index in [2.05, 4.69) is 15.9 Å². The molecule has 242 valence electrons. The summed E-state index contributed by atoms with van der Waals surface area (Å²) in [7, 11) is 3.22. The first-order valence-electron chi connectivity index (χ1n) is 16.1. The minimum Gasteiger partial charge on any atom is -0.497 e. The van der Waals surface area contributed by atoms with Gasteiger partial charge in [-0.2, -0.15) is 0 Å². The molecule has 49 heavy (non-hydrogen) atoms. The van der Waals surface area contributed by atoms with E-state index < -0.39 is 22.7 Å². The number of benzene rings is 5. The average Bonchev–Trinajstić information content (AvgIpc) is 3.65. The van der Waals surface area contributed by atoms with Crippen LogP contribution in [-0.4, -0.2) is 31.8 Å². The predicted octanol–water partition coefficient (Wildman–Crippen LogP) is 7.96. The molecule has 0 N–H and O–H groups in total. The average molecular weight is 711 g/mol. The lowest BCUT2D eigenvalue weighted by atomic mass is 9.59. The zero-order valence-electron chi connectivity index (χ0n) is 27.1. The van der Waals surface area contributed by atoms with Crippen molar-refractivity contribution in [2.45, 2.75) is 17.8 Å². The molecule has 1 heterocycles. The summed E-state index contributed by atoms with van der Waals surface area (Å²) < 4.78 is 11.8. The zero-order valence-corrected chi connectivity index (χ0v) is 28.7. The molecule has 5 aromatic carbocycles. The molecule has 7 heteroatoms. The van der Waals surface area contributed by atoms with Gasteiger partial charge in [0.25, 0.3) is 0 Å². The van der Waals surface area contributed by atoms with Gasteiger partial charge in [0.2, 0.25) is 11.8 Å². The van der Waals surface area contributed by atoms with E-state index in [4.69, 9.17) is 9.47 Å². The largest absolute Gasteiger partial charge is 0.497 e. The number of carbonyl (C=O) groups excluding carboxylic acids is 3. The molecule has 0 aromatic heterocycles. The Balaban J connectivity index is 1.54. The van der Waals surface area contributed by atoms with Gasteiger partial charge in [-0.05, 0) is 82.3 Å². The number of aryl methyl sites for hydroxylation is 1. The fraction of sp³-hybridized carbons (Fsp3) is 0.167. The molecule has 4 atom stereocenters. The SMILES string of the molecule is COc1ccc(C2=C(c3ccc(OC)cc3)[C@@]3(c4ccccc4)C(=O)[C@@]2(c2ccccc2)[C@@H]2C(=O)N(c4ccc(C)c(Br)c4)C(=O)[C@H]23)cc1. The summed E-state index contributed by atoms with van der Waals surface area (Å²) in [6, 6.07) is 39.8. The van der Waals surface area contributed by atoms with Crippen LogP contribution < -0.4 is 14.4 Å². The molecule has 2 bridgehead atoms. The van der Waals surface area contributed by atoms with Crippen molar-refractivity contribution < 1.29 is 23.9 Å². The van der Waals surface area contributed by atoms with Gasteiger partial charge in [-0.1, -0.05) is 107 Å². The Kier molecular flexibility index (Phi) is 7.23. The number of hydrogen-bond donors (Lipinski definition) is 0. The third-order valence-corrected chi connectivity index (χ3v) is 11.5. The summed E-state index contributed by atoms with van der Waals surface area (Å²) in [5.74, 6) is -1.63. The maximum Gasteiger partial charge on any atom is 0.239 e. The number of allylic oxidation sites excluding steroid dienone is 2. The Morgan fingerprint density at radius 3 is 1.41 bits per heavy atom. The van der Waals surface area contributed by atoms with Crippen LogP contribution in [0, 0.1) is 18.8 Å². The number of carbonyl (C=O) groups is 3. The fourth-order valence-electron chi connectivity index (χ4n) is 8.62. The van der Waals surface area contributed by atoms with E-state index >= 15 is 14.4 Å². The number of anilines is 1. The maximum absolute atomic E-state index is 16.1. The third-order valence-electron chi connectivity index (χ3n) is 10.6. The van der Waals surface area contributed by atoms with Gasteiger partial charge < -0.3 is 9.47 Å². The highest BCUT2D eigenvalue weighted by atomic mass is 79.9. The molecule has 8 rings (SSSR count). The van der Waals surface area contributed by atoms with E-state index in [1.54, 1.807) is 20.3 Å². The number of nitrogens with zero attached hydrogens (tertiary/aromatic N) is 1. The van der Waals surface area contributed by atoms with Crippen molar-refractivity contribution in [3.63, 3.8) is 0 Å². The molecule has 3 aliphatic rings. The van der Waals surface area contributed by atoms with Crippen molar-refractivity contribution in [3.05, 3.63) is 160 Å². The smallest absolute Gasteiger partial charge is 0.239 e. The molecule has 0 radical (unpaired) electrons. The Morgan fingerprint density at radius 2 is 1.02 bits per heavy atom. The van der Waals surface area contributed by atoms with E-state index in [9.17, 15) is 0 Å². The van der Waals surface area contributed by atoms with Crippen molar-refractivity contribution in [2.24, 2.45) is 11.8 Å². The van der Waals surface area contributed by atoms with Gasteiger partial charge >= 0.3 is 0 Å². The number of methoxy groups -OCH3 is 2. The number of amides is 2. The third kappa shape index (κ3) is 4.09. The summed E-state index contributed by atoms with van der Waals surface area (Å²) in [6.45, 7) is 1.95. The topological polar surface area (TPSA) is 72.9 Å². The summed E-state index contributed by atoms with van der Waals surface area (Å²) in [6.07, 6.45) is 0. The lowest BCUT2D eigenvalue weighted by Crippen LogP contribution is -2.45. The molecule has 1 saturated carbocycles. The minimum atomic E-state index is -1.49. The monoisotopic (exact) mass is 709 g/mol. The number of Topliss-reactive ketones (excluding diaryl/α,β-unsaturated/α-hetero) is 1. The highest BCUT2D eigenvalue weighted by Crippen LogP contribution is 2.74. The van der Waals surface area contributed by atoms with E-state index in [-0.39, 0.29) is 17.6 Å². The first kappa shape index (κ1) is 31.0.